The predicted molar refractivity (Wildman–Crippen MR) is 485 cm³/mol. The van der Waals surface area contributed by atoms with E-state index in [0.29, 0.717) is 75.5 Å². The number of carbonyl (C=O) groups is 4. The number of hydrogen-bond acceptors (Lipinski definition) is 28. The summed E-state index contributed by atoms with van der Waals surface area (Å²) in [7, 11) is 3.01. The van der Waals surface area contributed by atoms with Crippen LogP contribution < -0.4 is 19.5 Å². The number of nitrogens with zero attached hydrogens (tertiary/aromatic N) is 10. The van der Waals surface area contributed by atoms with Crippen molar-refractivity contribution in [2.24, 2.45) is 0 Å². The lowest BCUT2D eigenvalue weighted by Gasteiger charge is -2.26. The number of methoxy groups -OCH3 is 2. The molecule has 3 atom stereocenters. The molecule has 15 aromatic rings. The number of rotatable bonds is 26. The molecule has 8 heterocycles. The molecule has 33 nitrogen and oxygen atoms in total. The number of halogens is 1. The van der Waals surface area contributed by atoms with Crippen LogP contribution in [0.15, 0.2) is 228 Å². The first kappa shape index (κ1) is 93.3. The lowest BCUT2D eigenvalue weighted by molar-refractivity contribution is -0.385. The SMILES string of the molecule is CC(=O)CC(c1ccco1)c1cc([N+](=O)[O-])c2cccnc2c1O.CCC(=O)CC(c1ccc(OC)c(OC)c1)c1cc([N+](=O)[O-])c2cccnc2c1O.CCOc1cc(C(NC(C)=O)c2cc([N+](=O)[O-])c3cccnc3c2O)ccc1O.Cc1ccc(-c2cc(C(=O)Cc3ccccc3Cl)c3ccccc3n2)o1.O=[N+]([O-])c1cc(CN2CCCCC2)c2cccnc2c1O. The minimum atomic E-state index is -0.933. The highest BCUT2D eigenvalue weighted by Gasteiger charge is 2.33. The maximum absolute atomic E-state index is 13.1. The summed E-state index contributed by atoms with van der Waals surface area (Å²) < 4.78 is 27.1. The summed E-state index contributed by atoms with van der Waals surface area (Å²) in [6, 6.07) is 50.8. The van der Waals surface area contributed by atoms with Crippen LogP contribution in [0.4, 0.5) is 22.7 Å². The van der Waals surface area contributed by atoms with Crippen LogP contribution in [-0.2, 0) is 27.3 Å². The number of phenols is 5. The molecule has 1 saturated heterocycles. The normalized spacial score (nSPS) is 12.4. The standard InChI is InChI=1S/C22H16ClNO2.C22H22N2O6.C20H19N3O6.C17H14N2O5.C15H17N3O3/c1-14-10-11-22(26-14)20-13-17(16-7-3-5-9-19(16)24-20)21(25)12-15-6-2-4-8-18(15)23;1-4-14(25)11-16(13-7-8-19(29-2)20(10-13)30-3)17-12-18(24(27)28)15-6-5-9-23-21(15)22(17)26;1-3-29-17-9-12(6-7-16(17)25)18(22-11(2)24)14-10-15(23(27)28)13-5-4-8-21-19(13)20(14)26;1-10(20)8-12(15-5-3-7-24-15)13-9-14(19(22)23)11-4-2-6-18-16(11)17(13)21;19-15-13(18(20)21)9-11(10-17-7-2-1-3-8-17)12-5-4-6-16-14(12)15/h2-11,13H,12H2,1H3;5-10,12,16,26H,4,11H2,1-3H3;4-10,18,25-26H,3H2,1-2H3,(H,22,24);2-7,9,12,21H,8H2,1H3;4-6,9,19H,1-3,7-8,10H2. The molecule has 666 valence electrons. The first-order valence-corrected chi connectivity index (χ1v) is 41.3. The molecule has 1 fully saturated rings. The van der Waals surface area contributed by atoms with Crippen molar-refractivity contribution in [1.82, 2.24) is 35.1 Å². The number of hydrogen-bond donors (Lipinski definition) is 6. The third-order valence-corrected chi connectivity index (χ3v) is 21.9. The topological polar surface area (TPSA) is 476 Å². The van der Waals surface area contributed by atoms with Gasteiger partial charge in [-0.15, -0.1) is 0 Å². The molecular weight excluding hydrogens is 1690 g/mol. The number of carbonyl (C=O) groups excluding carboxylic acids is 4. The van der Waals surface area contributed by atoms with Gasteiger partial charge in [0.1, 0.15) is 68.1 Å². The highest BCUT2D eigenvalue weighted by Crippen LogP contribution is 2.47. The smallest absolute Gasteiger partial charge is 0.313 e. The van der Waals surface area contributed by atoms with Crippen molar-refractivity contribution in [3.63, 3.8) is 0 Å². The largest absolute Gasteiger partial charge is 0.505 e. The minimum Gasteiger partial charge on any atom is -0.505 e. The molecule has 7 aromatic heterocycles. The molecule has 0 saturated carbocycles. The van der Waals surface area contributed by atoms with Gasteiger partial charge >= 0.3 is 5.69 Å². The summed E-state index contributed by atoms with van der Waals surface area (Å²) in [5.74, 6) is 0.152. The zero-order chi connectivity index (χ0) is 93.1. The molecule has 0 bridgehead atoms. The van der Waals surface area contributed by atoms with Crippen LogP contribution in [0.25, 0.3) is 66.0 Å². The number of aromatic hydroxyl groups is 5. The Kier molecular flexibility index (Phi) is 30.4. The van der Waals surface area contributed by atoms with Crippen LogP contribution in [0.3, 0.4) is 0 Å². The van der Waals surface area contributed by atoms with Crippen molar-refractivity contribution >= 4 is 112 Å². The molecule has 0 spiro atoms. The lowest BCUT2D eigenvalue weighted by atomic mass is 9.85. The summed E-state index contributed by atoms with van der Waals surface area (Å²) in [6.45, 7) is 11.1. The van der Waals surface area contributed by atoms with E-state index in [9.17, 15) is 85.2 Å². The second kappa shape index (κ2) is 42.4. The number of furan rings is 2. The van der Waals surface area contributed by atoms with Gasteiger partial charge in [0, 0.05) is 132 Å². The zero-order valence-corrected chi connectivity index (χ0v) is 72.1. The number of aryl methyl sites for hydroxylation is 1. The quantitative estimate of drug-likeness (QED) is 0.0167. The number of fused-ring (bicyclic) bond motifs is 5. The van der Waals surface area contributed by atoms with E-state index < -0.39 is 43.5 Å². The van der Waals surface area contributed by atoms with Crippen molar-refractivity contribution in [3.8, 4) is 57.5 Å². The van der Waals surface area contributed by atoms with E-state index in [1.165, 1.54) is 132 Å². The molecule has 130 heavy (non-hydrogen) atoms. The van der Waals surface area contributed by atoms with Gasteiger partial charge in [-0.2, -0.15) is 0 Å². The van der Waals surface area contributed by atoms with Crippen LogP contribution in [-0.4, -0.2) is 132 Å². The summed E-state index contributed by atoms with van der Waals surface area (Å²) in [6.07, 6.45) is 11.5. The van der Waals surface area contributed by atoms with Crippen LogP contribution in [0.2, 0.25) is 5.02 Å². The van der Waals surface area contributed by atoms with Gasteiger partial charge in [-0.1, -0.05) is 79.5 Å². The molecule has 1 amide bonds. The second-order valence-electron chi connectivity index (χ2n) is 30.1. The average molecular weight is 1780 g/mol. The number of ether oxygens (including phenoxy) is 3. The summed E-state index contributed by atoms with van der Waals surface area (Å²) >= 11 is 6.22. The molecule has 0 aliphatic carbocycles. The first-order valence-electron chi connectivity index (χ1n) is 40.9. The van der Waals surface area contributed by atoms with Crippen molar-refractivity contribution in [1.29, 1.82) is 0 Å². The van der Waals surface area contributed by atoms with Crippen LogP contribution >= 0.6 is 11.6 Å². The van der Waals surface area contributed by atoms with Gasteiger partial charge in [0.15, 0.2) is 34.5 Å². The van der Waals surface area contributed by atoms with Crippen molar-refractivity contribution in [2.75, 3.05) is 33.9 Å². The Hall–Kier alpha value is -15.9. The Labute approximate surface area is 746 Å². The molecule has 3 unspecified atom stereocenters. The Balaban J connectivity index is 0.000000148. The van der Waals surface area contributed by atoms with Gasteiger partial charge in [-0.25, -0.2) is 4.98 Å². The van der Waals surface area contributed by atoms with Gasteiger partial charge in [0.25, 0.3) is 17.1 Å². The Morgan fingerprint density at radius 2 is 1.06 bits per heavy atom. The second-order valence-corrected chi connectivity index (χ2v) is 30.5. The number of nitrogens with one attached hydrogen (secondary N) is 1. The summed E-state index contributed by atoms with van der Waals surface area (Å²) in [5.41, 5.74) is 5.18. The van der Waals surface area contributed by atoms with E-state index in [0.717, 1.165) is 59.1 Å². The number of nitro benzene ring substituents is 4. The number of aromatic nitrogens is 5. The number of Topliss-reactive ketones (excluding diaryl/α,β-unsaturated/α-hetero) is 3. The van der Waals surface area contributed by atoms with Crippen molar-refractivity contribution in [2.45, 2.75) is 104 Å². The third kappa shape index (κ3) is 21.6. The van der Waals surface area contributed by atoms with Crippen LogP contribution in [0.5, 0.6) is 46.0 Å². The fraction of sp³-hybridized carbons (Fsp3) is 0.219. The van der Waals surface area contributed by atoms with Gasteiger partial charge in [0.05, 0.1) is 80.4 Å². The minimum absolute atomic E-state index is 0.00114. The molecule has 1 aliphatic heterocycles. The Morgan fingerprint density at radius 3 is 1.59 bits per heavy atom. The predicted octanol–water partition coefficient (Wildman–Crippen LogP) is 19.8. The van der Waals surface area contributed by atoms with Gasteiger partial charge in [-0.05, 0) is 178 Å². The average Bonchev–Trinajstić information content (AvgIpc) is 0.817. The number of pyridine rings is 5. The first-order chi connectivity index (χ1) is 62.5. The number of piperidine rings is 1. The number of phenolic OH excluding ortho intramolecular Hbond substituents is 5. The number of amides is 1. The lowest BCUT2D eigenvalue weighted by Crippen LogP contribution is -2.29. The third-order valence-electron chi connectivity index (χ3n) is 21.5. The number of likely N-dealkylation sites (tertiary alicyclic amines) is 1. The fourth-order valence-corrected chi connectivity index (χ4v) is 15.5. The maximum Gasteiger partial charge on any atom is 0.313 e. The molecule has 34 heteroatoms. The Morgan fingerprint density at radius 1 is 0.531 bits per heavy atom. The van der Waals surface area contributed by atoms with E-state index in [-0.39, 0.29) is 143 Å². The van der Waals surface area contributed by atoms with Crippen LogP contribution in [0, 0.1) is 47.4 Å². The van der Waals surface area contributed by atoms with E-state index in [1.54, 1.807) is 74.5 Å². The van der Waals surface area contributed by atoms with E-state index in [4.69, 9.17) is 34.6 Å². The van der Waals surface area contributed by atoms with Crippen molar-refractivity contribution < 1.29 is 87.4 Å². The maximum atomic E-state index is 13.1. The van der Waals surface area contributed by atoms with E-state index in [2.05, 4.69) is 35.1 Å². The molecule has 6 N–H and O–H groups in total. The van der Waals surface area contributed by atoms with E-state index >= 15 is 0 Å². The number of benzene rings is 8. The number of nitro groups is 4. The van der Waals surface area contributed by atoms with Gasteiger partial charge in [-0.3, -0.25) is 84.5 Å². The highest BCUT2D eigenvalue weighted by atomic mass is 35.5. The fourth-order valence-electron chi connectivity index (χ4n) is 15.3. The molecule has 0 radical (unpaired) electrons. The summed E-state index contributed by atoms with van der Waals surface area (Å²) in [4.78, 5) is 116. The Bertz CT molecular complexity index is 6780. The zero-order valence-electron chi connectivity index (χ0n) is 71.3. The van der Waals surface area contributed by atoms with Gasteiger partial charge in [0.2, 0.25) is 11.7 Å². The molecule has 1 aliphatic rings. The summed E-state index contributed by atoms with van der Waals surface area (Å²) in [5, 5.41) is 104. The van der Waals surface area contributed by atoms with Gasteiger partial charge < -0.3 is 53.9 Å². The highest BCUT2D eigenvalue weighted by molar-refractivity contribution is 6.31. The monoisotopic (exact) mass is 1780 g/mol. The number of non-ortho nitro benzene ring substituents is 3. The number of ketones is 3. The molecule has 16 rings (SSSR count). The molecular formula is C96H88ClN11O22. The number of para-hydroxylation sites is 1. The molecule has 8 aromatic carbocycles. The van der Waals surface area contributed by atoms with Crippen molar-refractivity contribution in [3.05, 3.63) is 321 Å². The van der Waals surface area contributed by atoms with Crippen LogP contribution in [0.1, 0.15) is 145 Å². The van der Waals surface area contributed by atoms with E-state index in [1.807, 2.05) is 67.6 Å².